The molecule has 0 aliphatic carbocycles. The van der Waals surface area contributed by atoms with E-state index in [0.29, 0.717) is 46.0 Å². The number of pyridine rings is 1. The van der Waals surface area contributed by atoms with Crippen molar-refractivity contribution in [1.29, 1.82) is 0 Å². The molecule has 1 N–H and O–H groups in total. The molecule has 0 spiro atoms. The van der Waals surface area contributed by atoms with Crippen LogP contribution in [-0.2, 0) is 23.6 Å². The van der Waals surface area contributed by atoms with E-state index in [9.17, 15) is 41.0 Å². The van der Waals surface area contributed by atoms with Gasteiger partial charge in [-0.2, -0.15) is 26.3 Å². The number of aromatic carboxylic acids is 1. The summed E-state index contributed by atoms with van der Waals surface area (Å²) in [4.78, 5) is 30.8. The number of carboxylic acids is 1. The van der Waals surface area contributed by atoms with Crippen LogP contribution in [0.4, 0.5) is 31.1 Å². The fourth-order valence-electron chi connectivity index (χ4n) is 5.88. The average Bonchev–Trinajstić information content (AvgIpc) is 3.31. The lowest BCUT2D eigenvalue weighted by Gasteiger charge is -2.24. The minimum atomic E-state index is -5.07. The molecular formula is C36H32F6N2O5. The van der Waals surface area contributed by atoms with Crippen molar-refractivity contribution in [2.24, 2.45) is 0 Å². The zero-order valence-corrected chi connectivity index (χ0v) is 27.0. The van der Waals surface area contributed by atoms with Crippen LogP contribution in [0.1, 0.15) is 76.8 Å². The summed E-state index contributed by atoms with van der Waals surface area (Å²) in [5, 5.41) is 9.40. The van der Waals surface area contributed by atoms with E-state index in [1.807, 2.05) is 38.1 Å². The molecule has 3 aromatic carbocycles. The predicted octanol–water partition coefficient (Wildman–Crippen LogP) is 9.67. The van der Waals surface area contributed by atoms with Gasteiger partial charge in [0, 0.05) is 16.8 Å². The Kier molecular flexibility index (Phi) is 9.42. The highest BCUT2D eigenvalue weighted by Crippen LogP contribution is 2.42. The number of methoxy groups -OCH3 is 1. The molecule has 1 aliphatic heterocycles. The number of carbonyl (C=O) groups is 2. The summed E-state index contributed by atoms with van der Waals surface area (Å²) in [6, 6.07) is 14.0. The van der Waals surface area contributed by atoms with Crippen molar-refractivity contribution >= 4 is 12.1 Å². The number of amides is 1. The number of cyclic esters (lactones) is 1. The van der Waals surface area contributed by atoms with E-state index >= 15 is 0 Å². The lowest BCUT2D eigenvalue weighted by Crippen LogP contribution is -2.32. The summed E-state index contributed by atoms with van der Waals surface area (Å²) in [7, 11) is 1.48. The number of hydrogen-bond acceptors (Lipinski definition) is 5. The van der Waals surface area contributed by atoms with Crippen LogP contribution in [0.3, 0.4) is 0 Å². The van der Waals surface area contributed by atoms with Gasteiger partial charge >= 0.3 is 24.4 Å². The molecule has 1 aliphatic rings. The molecular weight excluding hydrogens is 654 g/mol. The minimum absolute atomic E-state index is 0.0276. The highest BCUT2D eigenvalue weighted by molar-refractivity contribution is 5.89. The number of halogens is 6. The fraction of sp³-hybridized carbons (Fsp3) is 0.306. The molecule has 2 unspecified atom stereocenters. The lowest BCUT2D eigenvalue weighted by molar-refractivity contribution is -0.143. The molecule has 49 heavy (non-hydrogen) atoms. The zero-order chi connectivity index (χ0) is 36.0. The van der Waals surface area contributed by atoms with E-state index in [4.69, 9.17) is 14.5 Å². The molecule has 0 saturated carbocycles. The molecule has 4 aromatic rings. The monoisotopic (exact) mass is 686 g/mol. The van der Waals surface area contributed by atoms with Crippen molar-refractivity contribution in [3.05, 3.63) is 106 Å². The van der Waals surface area contributed by atoms with E-state index in [0.717, 1.165) is 11.1 Å². The summed E-state index contributed by atoms with van der Waals surface area (Å²) < 4.78 is 92.8. The Labute approximate surface area is 278 Å². The number of alkyl halides is 6. The first-order valence-electron chi connectivity index (χ1n) is 15.2. The normalized spacial score (nSPS) is 16.7. The molecule has 1 amide bonds. The Morgan fingerprint density at radius 2 is 1.55 bits per heavy atom. The first-order chi connectivity index (χ1) is 22.9. The summed E-state index contributed by atoms with van der Waals surface area (Å²) in [6.07, 6.45) is -12.5. The maximum atomic E-state index is 13.6. The van der Waals surface area contributed by atoms with Crippen molar-refractivity contribution in [2.45, 2.75) is 64.7 Å². The fourth-order valence-corrected chi connectivity index (χ4v) is 5.88. The molecule has 0 bridgehead atoms. The van der Waals surface area contributed by atoms with Gasteiger partial charge in [-0.1, -0.05) is 32.0 Å². The molecule has 1 saturated heterocycles. The maximum absolute atomic E-state index is 13.6. The smallest absolute Gasteiger partial charge is 0.416 e. The van der Waals surface area contributed by atoms with Crippen LogP contribution >= 0.6 is 0 Å². The first-order valence-corrected chi connectivity index (χ1v) is 15.2. The molecule has 1 aromatic heterocycles. The number of hydrogen-bond donors (Lipinski definition) is 1. The van der Waals surface area contributed by atoms with E-state index in [2.05, 4.69) is 0 Å². The summed E-state index contributed by atoms with van der Waals surface area (Å²) in [5.41, 5.74) is 1.12. The van der Waals surface area contributed by atoms with Gasteiger partial charge in [-0.05, 0) is 90.6 Å². The van der Waals surface area contributed by atoms with E-state index in [1.54, 1.807) is 25.1 Å². The van der Waals surface area contributed by atoms with Gasteiger partial charge in [0.15, 0.2) is 0 Å². The van der Waals surface area contributed by atoms with Crippen LogP contribution < -0.4 is 4.74 Å². The Balaban J connectivity index is 1.57. The summed E-state index contributed by atoms with van der Waals surface area (Å²) in [5.74, 6) is -0.628. The van der Waals surface area contributed by atoms with Gasteiger partial charge in [-0.15, -0.1) is 0 Å². The number of aromatic nitrogens is 1. The second-order valence-electron chi connectivity index (χ2n) is 12.1. The van der Waals surface area contributed by atoms with Crippen LogP contribution in [0.5, 0.6) is 5.75 Å². The molecule has 5 rings (SSSR count). The number of aryl methyl sites for hydroxylation is 1. The second kappa shape index (κ2) is 13.1. The third-order valence-electron chi connectivity index (χ3n) is 8.51. The first kappa shape index (κ1) is 35.2. The second-order valence-corrected chi connectivity index (χ2v) is 12.1. The number of benzene rings is 3. The van der Waals surface area contributed by atoms with Crippen LogP contribution in [0.2, 0.25) is 0 Å². The average molecular weight is 687 g/mol. The number of carbonyl (C=O) groups excluding carboxylic acids is 1. The highest BCUT2D eigenvalue weighted by atomic mass is 19.4. The highest BCUT2D eigenvalue weighted by Gasteiger charge is 2.43. The molecule has 7 nitrogen and oxygen atoms in total. The Morgan fingerprint density at radius 1 is 0.918 bits per heavy atom. The van der Waals surface area contributed by atoms with Crippen molar-refractivity contribution in [2.75, 3.05) is 7.11 Å². The van der Waals surface area contributed by atoms with Crippen molar-refractivity contribution in [3.63, 3.8) is 0 Å². The van der Waals surface area contributed by atoms with Crippen molar-refractivity contribution in [1.82, 2.24) is 9.88 Å². The van der Waals surface area contributed by atoms with Gasteiger partial charge in [-0.3, -0.25) is 9.88 Å². The van der Waals surface area contributed by atoms with Gasteiger partial charge < -0.3 is 14.6 Å². The molecule has 258 valence electrons. The molecule has 2 atom stereocenters. The molecule has 2 heterocycles. The Bertz CT molecular complexity index is 1890. The topological polar surface area (TPSA) is 89.0 Å². The summed E-state index contributed by atoms with van der Waals surface area (Å²) in [6.45, 7) is 6.93. The largest absolute Gasteiger partial charge is 0.496 e. The minimum Gasteiger partial charge on any atom is -0.496 e. The van der Waals surface area contributed by atoms with Gasteiger partial charge in [-0.25, -0.2) is 9.59 Å². The third-order valence-corrected chi connectivity index (χ3v) is 8.51. The van der Waals surface area contributed by atoms with E-state index in [-0.39, 0.29) is 24.1 Å². The number of carboxylic acid groups (broad SMARTS) is 1. The van der Waals surface area contributed by atoms with E-state index < -0.39 is 53.3 Å². The third kappa shape index (κ3) is 7.20. The van der Waals surface area contributed by atoms with Crippen molar-refractivity contribution in [3.8, 4) is 28.0 Å². The van der Waals surface area contributed by atoms with Crippen molar-refractivity contribution < 1.29 is 50.5 Å². The molecule has 13 heteroatoms. The van der Waals surface area contributed by atoms with Gasteiger partial charge in [0.1, 0.15) is 11.9 Å². The molecule has 1 fully saturated rings. The number of ether oxygens (including phenoxy) is 2. The maximum Gasteiger partial charge on any atom is 0.416 e. The Hall–Kier alpha value is -5.07. The standard InChI is InChI=1S/C36H32F6N2O5/c1-18(2)29-10-9-27(28-15-21(7-11-31(28)48-5)26-8-6-22(33(45)46)12-19(26)3)30(43-29)17-44-20(4)32(49-34(44)47)23-13-24(35(37,38)39)16-25(14-23)36(40,41)42/h6-16,18,20,32H,17H2,1-5H3,(H,45,46). The van der Waals surface area contributed by atoms with Gasteiger partial charge in [0.2, 0.25) is 0 Å². The molecule has 0 radical (unpaired) electrons. The van der Waals surface area contributed by atoms with Crippen LogP contribution in [0.15, 0.2) is 66.7 Å². The lowest BCUT2D eigenvalue weighted by atomic mass is 9.93. The Morgan fingerprint density at radius 3 is 2.10 bits per heavy atom. The van der Waals surface area contributed by atoms with Crippen LogP contribution in [-0.4, -0.2) is 40.2 Å². The van der Waals surface area contributed by atoms with Gasteiger partial charge in [0.25, 0.3) is 0 Å². The van der Waals surface area contributed by atoms with Crippen LogP contribution in [0, 0.1) is 6.92 Å². The van der Waals surface area contributed by atoms with Gasteiger partial charge in [0.05, 0.1) is 42.1 Å². The summed E-state index contributed by atoms with van der Waals surface area (Å²) >= 11 is 0. The quantitative estimate of drug-likeness (QED) is 0.186. The predicted molar refractivity (Wildman–Crippen MR) is 168 cm³/mol. The number of nitrogens with zero attached hydrogens (tertiary/aromatic N) is 2. The zero-order valence-electron chi connectivity index (χ0n) is 27.0. The van der Waals surface area contributed by atoms with Crippen LogP contribution in [0.25, 0.3) is 22.3 Å². The SMILES string of the molecule is COc1ccc(-c2ccc(C(=O)O)cc2C)cc1-c1ccc(C(C)C)nc1CN1C(=O)OC(c2cc(C(F)(F)F)cc(C(F)(F)F)c2)C1C. The number of rotatable bonds is 8. The van der Waals surface area contributed by atoms with E-state index in [1.165, 1.54) is 25.0 Å².